The summed E-state index contributed by atoms with van der Waals surface area (Å²) >= 11 is 0. The molecule has 0 amide bonds. The highest BCUT2D eigenvalue weighted by Gasteiger charge is 2.73. The van der Waals surface area contributed by atoms with Gasteiger partial charge in [-0.3, -0.25) is 4.79 Å². The van der Waals surface area contributed by atoms with E-state index in [9.17, 15) is 20.1 Å². The normalized spacial score (nSPS) is 53.5. The topological polar surface area (TPSA) is 90.9 Å². The average Bonchev–Trinajstić information content (AvgIpc) is 3.30. The molecule has 0 spiro atoms. The number of Topliss-reactive ketones (excluding diaryl/α,β-unsaturated/α-hetero) is 1. The molecule has 0 aliphatic heterocycles. The molecule has 4 saturated carbocycles. The number of furan rings is 1. The summed E-state index contributed by atoms with van der Waals surface area (Å²) in [7, 11) is 0. The molecule has 0 radical (unpaired) electrons. The summed E-state index contributed by atoms with van der Waals surface area (Å²) in [6.07, 6.45) is 4.71. The first-order chi connectivity index (χ1) is 14.4. The van der Waals surface area contributed by atoms with Crippen molar-refractivity contribution in [2.75, 3.05) is 0 Å². The molecule has 0 aromatic carbocycles. The van der Waals surface area contributed by atoms with Crippen LogP contribution in [0.2, 0.25) is 0 Å². The molecular formula is C26H38O5. The van der Waals surface area contributed by atoms with Gasteiger partial charge in [0, 0.05) is 29.6 Å². The van der Waals surface area contributed by atoms with E-state index < -0.39 is 34.6 Å². The third-order valence-electron chi connectivity index (χ3n) is 11.1. The van der Waals surface area contributed by atoms with Crippen LogP contribution < -0.4 is 0 Å². The van der Waals surface area contributed by atoms with Gasteiger partial charge in [-0.15, -0.1) is 0 Å². The number of aliphatic hydroxyl groups is 3. The van der Waals surface area contributed by atoms with E-state index in [4.69, 9.17) is 4.42 Å². The predicted octanol–water partition coefficient (Wildman–Crippen LogP) is 3.91. The maximum Gasteiger partial charge on any atom is 0.137 e. The molecule has 1 aromatic heterocycles. The van der Waals surface area contributed by atoms with Crippen LogP contribution in [0.25, 0.3) is 0 Å². The van der Waals surface area contributed by atoms with Crippen molar-refractivity contribution in [1.82, 2.24) is 0 Å². The lowest BCUT2D eigenvalue weighted by molar-refractivity contribution is -0.274. The predicted molar refractivity (Wildman–Crippen MR) is 116 cm³/mol. The Hall–Kier alpha value is -1.17. The monoisotopic (exact) mass is 430 g/mol. The number of carbonyl (C=O) groups is 1. The van der Waals surface area contributed by atoms with Crippen molar-refractivity contribution in [2.24, 2.45) is 39.4 Å². The van der Waals surface area contributed by atoms with Crippen molar-refractivity contribution in [3.05, 3.63) is 24.2 Å². The summed E-state index contributed by atoms with van der Waals surface area (Å²) in [6, 6.07) is 1.98. The molecule has 5 nitrogen and oxygen atoms in total. The first kappa shape index (κ1) is 21.7. The summed E-state index contributed by atoms with van der Waals surface area (Å²) in [5, 5.41) is 33.8. The molecule has 4 aliphatic carbocycles. The zero-order valence-electron chi connectivity index (χ0n) is 19.5. The summed E-state index contributed by atoms with van der Waals surface area (Å²) in [4.78, 5) is 13.6. The van der Waals surface area contributed by atoms with Crippen molar-refractivity contribution in [1.29, 1.82) is 0 Å². The van der Waals surface area contributed by atoms with Crippen molar-refractivity contribution in [3.8, 4) is 0 Å². The molecule has 172 valence electrons. The van der Waals surface area contributed by atoms with Gasteiger partial charge in [0.15, 0.2) is 0 Å². The molecule has 0 bridgehead atoms. The number of carbonyl (C=O) groups excluding carboxylic acids is 1. The average molecular weight is 431 g/mol. The van der Waals surface area contributed by atoms with Crippen LogP contribution in [-0.2, 0) is 4.79 Å². The molecule has 5 heteroatoms. The van der Waals surface area contributed by atoms with E-state index in [0.717, 1.165) is 18.4 Å². The minimum absolute atomic E-state index is 0.00245. The van der Waals surface area contributed by atoms with Crippen LogP contribution in [0.3, 0.4) is 0 Å². The van der Waals surface area contributed by atoms with Crippen LogP contribution in [0, 0.1) is 39.4 Å². The summed E-state index contributed by atoms with van der Waals surface area (Å²) < 4.78 is 5.36. The highest BCUT2D eigenvalue weighted by molar-refractivity contribution is 5.87. The second-order valence-corrected chi connectivity index (χ2v) is 12.4. The first-order valence-corrected chi connectivity index (χ1v) is 12.0. The minimum atomic E-state index is -0.636. The van der Waals surface area contributed by atoms with E-state index in [-0.39, 0.29) is 34.9 Å². The number of rotatable bonds is 1. The molecule has 10 atom stereocenters. The molecule has 1 heterocycles. The molecule has 3 N–H and O–H groups in total. The van der Waals surface area contributed by atoms with Gasteiger partial charge in [0.25, 0.3) is 0 Å². The van der Waals surface area contributed by atoms with Crippen LogP contribution in [0.4, 0.5) is 0 Å². The minimum Gasteiger partial charge on any atom is -0.472 e. The molecule has 4 aliphatic rings. The zero-order valence-corrected chi connectivity index (χ0v) is 19.5. The molecule has 0 saturated heterocycles. The van der Waals surface area contributed by atoms with Gasteiger partial charge in [-0.2, -0.15) is 0 Å². The first-order valence-electron chi connectivity index (χ1n) is 12.0. The molecule has 4 fully saturated rings. The number of hydrogen-bond acceptors (Lipinski definition) is 5. The molecule has 31 heavy (non-hydrogen) atoms. The largest absolute Gasteiger partial charge is 0.472 e. The Balaban J connectivity index is 1.62. The highest BCUT2D eigenvalue weighted by atomic mass is 16.3. The fourth-order valence-corrected chi connectivity index (χ4v) is 9.39. The van der Waals surface area contributed by atoms with E-state index in [1.54, 1.807) is 12.5 Å². The number of hydrogen-bond donors (Lipinski definition) is 3. The van der Waals surface area contributed by atoms with Crippen molar-refractivity contribution >= 4 is 5.78 Å². The Bertz CT molecular complexity index is 876. The third-order valence-corrected chi connectivity index (χ3v) is 11.1. The van der Waals surface area contributed by atoms with Crippen LogP contribution in [-0.4, -0.2) is 39.4 Å². The maximum atomic E-state index is 13.6. The Kier molecular flexibility index (Phi) is 4.51. The number of aliphatic hydroxyl groups excluding tert-OH is 3. The van der Waals surface area contributed by atoms with Crippen molar-refractivity contribution < 1.29 is 24.5 Å². The summed E-state index contributed by atoms with van der Waals surface area (Å²) in [5.41, 5.74) is -0.572. The zero-order chi connectivity index (χ0) is 22.6. The maximum absolute atomic E-state index is 13.6. The molecule has 1 aromatic rings. The van der Waals surface area contributed by atoms with Crippen molar-refractivity contribution in [2.45, 2.75) is 91.0 Å². The lowest BCUT2D eigenvalue weighted by Gasteiger charge is -2.70. The highest BCUT2D eigenvalue weighted by Crippen LogP contribution is 2.74. The Morgan fingerprint density at radius 2 is 1.61 bits per heavy atom. The summed E-state index contributed by atoms with van der Waals surface area (Å²) in [6.45, 7) is 10.7. The van der Waals surface area contributed by atoms with Gasteiger partial charge in [-0.25, -0.2) is 0 Å². The third kappa shape index (κ3) is 2.46. The SMILES string of the molecule is CC1(C)[C@H](O)C[C@H](O)[C@]2(C)[C@H]3CC[C@]4(C)[C@@H](C(=O)C[C@H]4c4ccoc4)[C@]3(C)[C@H](O)C[C@@H]12. The smallest absolute Gasteiger partial charge is 0.137 e. The second kappa shape index (κ2) is 6.45. The van der Waals surface area contributed by atoms with Crippen molar-refractivity contribution in [3.63, 3.8) is 0 Å². The molecule has 5 rings (SSSR count). The van der Waals surface area contributed by atoms with Crippen LogP contribution in [0.5, 0.6) is 0 Å². The Morgan fingerprint density at radius 3 is 2.26 bits per heavy atom. The Morgan fingerprint density at radius 1 is 0.935 bits per heavy atom. The van der Waals surface area contributed by atoms with Crippen LogP contribution in [0.15, 0.2) is 23.0 Å². The lowest BCUT2D eigenvalue weighted by Crippen LogP contribution is -2.71. The quantitative estimate of drug-likeness (QED) is 0.628. The van der Waals surface area contributed by atoms with Gasteiger partial charge in [-0.05, 0) is 59.5 Å². The second-order valence-electron chi connectivity index (χ2n) is 12.4. The number of fused-ring (bicyclic) bond motifs is 5. The van der Waals surface area contributed by atoms with Gasteiger partial charge in [-0.1, -0.05) is 34.6 Å². The Labute approximate surface area is 185 Å². The van der Waals surface area contributed by atoms with E-state index >= 15 is 0 Å². The van der Waals surface area contributed by atoms with Gasteiger partial charge in [0.2, 0.25) is 0 Å². The fourth-order valence-electron chi connectivity index (χ4n) is 9.39. The fraction of sp³-hybridized carbons (Fsp3) is 0.808. The van der Waals surface area contributed by atoms with Gasteiger partial charge in [0.05, 0.1) is 30.8 Å². The van der Waals surface area contributed by atoms with Gasteiger partial charge >= 0.3 is 0 Å². The van der Waals surface area contributed by atoms with Crippen LogP contribution >= 0.6 is 0 Å². The van der Waals surface area contributed by atoms with Gasteiger partial charge in [0.1, 0.15) is 5.78 Å². The molecule has 0 unspecified atom stereocenters. The molecular weight excluding hydrogens is 392 g/mol. The standard InChI is InChI=1S/C26H38O5/c1-23(2)18-11-20(29)26(5)17(25(18,4)21(30)12-19(23)28)6-8-24(3)15(10-16(27)22(24)26)14-7-9-31-13-14/h7,9,13,15,17-22,28-30H,6,8,10-12H2,1-5H3/t15-,17+,18-,19+,20+,21-,22+,24-,25+,26-/m0/s1. The lowest BCUT2D eigenvalue weighted by atomic mass is 9.35. The number of ketones is 1. The summed E-state index contributed by atoms with van der Waals surface area (Å²) in [5.74, 6) is 0.131. The van der Waals surface area contributed by atoms with E-state index in [1.807, 2.05) is 6.07 Å². The van der Waals surface area contributed by atoms with E-state index in [0.29, 0.717) is 19.3 Å². The van der Waals surface area contributed by atoms with Gasteiger partial charge < -0.3 is 19.7 Å². The van der Waals surface area contributed by atoms with E-state index in [2.05, 4.69) is 34.6 Å². The van der Waals surface area contributed by atoms with Crippen LogP contribution in [0.1, 0.15) is 78.2 Å². The van der Waals surface area contributed by atoms with E-state index in [1.165, 1.54) is 0 Å².